The van der Waals surface area contributed by atoms with Crippen molar-refractivity contribution in [3.05, 3.63) is 41.5 Å². The van der Waals surface area contributed by atoms with Crippen LogP contribution in [0.25, 0.3) is 0 Å². The number of aryl methyl sites for hydroxylation is 1. The smallest absolute Gasteiger partial charge is 0.122 e. The molecule has 1 heteroatoms. The lowest BCUT2D eigenvalue weighted by atomic mass is 9.77. The summed E-state index contributed by atoms with van der Waals surface area (Å²) in [5.41, 5.74) is 2.96. The molecule has 0 unspecified atom stereocenters. The highest BCUT2D eigenvalue weighted by Crippen LogP contribution is 2.38. The fraction of sp³-hybridized carbons (Fsp3) is 0.652. The number of hydrogen-bond acceptors (Lipinski definition) is 1. The molecular weight excluding hydrogens is 292 g/mol. The van der Waals surface area contributed by atoms with Crippen molar-refractivity contribution in [3.63, 3.8) is 0 Å². The summed E-state index contributed by atoms with van der Waals surface area (Å²) >= 11 is 0. The van der Waals surface area contributed by atoms with Crippen LogP contribution in [0.4, 0.5) is 0 Å². The van der Waals surface area contributed by atoms with E-state index >= 15 is 0 Å². The van der Waals surface area contributed by atoms with Gasteiger partial charge in [-0.2, -0.15) is 0 Å². The van der Waals surface area contributed by atoms with E-state index in [1.165, 1.54) is 50.5 Å². The molecule has 0 amide bonds. The largest absolute Gasteiger partial charge is 0.493 e. The highest BCUT2D eigenvalue weighted by molar-refractivity contribution is 5.39. The van der Waals surface area contributed by atoms with Crippen LogP contribution in [0.5, 0.6) is 5.75 Å². The molecule has 1 fully saturated rings. The Morgan fingerprint density at radius 1 is 1.00 bits per heavy atom. The van der Waals surface area contributed by atoms with Crippen LogP contribution in [0.1, 0.15) is 89.2 Å². The summed E-state index contributed by atoms with van der Waals surface area (Å²) in [5.74, 6) is 2.78. The van der Waals surface area contributed by atoms with Crippen LogP contribution in [-0.2, 0) is 6.42 Å². The molecule has 0 heterocycles. The molecule has 0 atom stereocenters. The minimum absolute atomic E-state index is 0.757. The molecule has 1 aliphatic carbocycles. The van der Waals surface area contributed by atoms with Crippen LogP contribution in [0.3, 0.4) is 0 Å². The van der Waals surface area contributed by atoms with Gasteiger partial charge in [-0.1, -0.05) is 51.5 Å². The van der Waals surface area contributed by atoms with Gasteiger partial charge in [-0.05, 0) is 80.4 Å². The van der Waals surface area contributed by atoms with Gasteiger partial charge in [-0.25, -0.2) is 0 Å². The summed E-state index contributed by atoms with van der Waals surface area (Å²) in [6.45, 7) is 7.47. The standard InChI is InChI=1S/C23H36O/c1-4-7-8-10-19-11-13-20(14-12-19)21-15-16-23(24-17-6-3)22(18-21)9-5-2/h7-8,15-16,18-20H,4-6,9-14,17H2,1-3H3. The Morgan fingerprint density at radius 2 is 1.79 bits per heavy atom. The Bertz CT molecular complexity index is 495. The second-order valence-corrected chi connectivity index (χ2v) is 7.30. The Kier molecular flexibility index (Phi) is 8.42. The minimum Gasteiger partial charge on any atom is -0.493 e. The maximum atomic E-state index is 5.95. The third-order valence-electron chi connectivity index (χ3n) is 5.26. The van der Waals surface area contributed by atoms with Crippen molar-refractivity contribution in [3.8, 4) is 5.75 Å². The van der Waals surface area contributed by atoms with Gasteiger partial charge in [0, 0.05) is 0 Å². The summed E-state index contributed by atoms with van der Waals surface area (Å²) in [6, 6.07) is 6.99. The third kappa shape index (κ3) is 5.69. The van der Waals surface area contributed by atoms with Crippen LogP contribution in [0.2, 0.25) is 0 Å². The van der Waals surface area contributed by atoms with Crippen molar-refractivity contribution in [1.29, 1.82) is 0 Å². The number of hydrogen-bond donors (Lipinski definition) is 0. The van der Waals surface area contributed by atoms with E-state index in [0.717, 1.165) is 37.0 Å². The van der Waals surface area contributed by atoms with Crippen molar-refractivity contribution in [2.45, 2.75) is 84.5 Å². The van der Waals surface area contributed by atoms with Gasteiger partial charge in [-0.3, -0.25) is 0 Å². The quantitative estimate of drug-likeness (QED) is 0.441. The van der Waals surface area contributed by atoms with Crippen molar-refractivity contribution in [2.24, 2.45) is 5.92 Å². The summed E-state index contributed by atoms with van der Waals surface area (Å²) in [4.78, 5) is 0. The lowest BCUT2D eigenvalue weighted by molar-refractivity contribution is 0.312. The monoisotopic (exact) mass is 328 g/mol. The van der Waals surface area contributed by atoms with Crippen molar-refractivity contribution < 1.29 is 4.74 Å². The molecule has 1 saturated carbocycles. The first-order valence-corrected chi connectivity index (χ1v) is 10.2. The van der Waals surface area contributed by atoms with Crippen LogP contribution in [0, 0.1) is 5.92 Å². The second kappa shape index (κ2) is 10.6. The van der Waals surface area contributed by atoms with E-state index < -0.39 is 0 Å². The molecule has 24 heavy (non-hydrogen) atoms. The fourth-order valence-electron chi connectivity index (χ4n) is 3.86. The molecule has 0 aliphatic heterocycles. The number of allylic oxidation sites excluding steroid dienone is 2. The first kappa shape index (κ1) is 19.1. The molecule has 134 valence electrons. The first-order valence-electron chi connectivity index (χ1n) is 10.2. The van der Waals surface area contributed by atoms with Crippen LogP contribution in [-0.4, -0.2) is 6.61 Å². The van der Waals surface area contributed by atoms with E-state index in [4.69, 9.17) is 4.74 Å². The van der Waals surface area contributed by atoms with Gasteiger partial charge in [0.25, 0.3) is 0 Å². The maximum absolute atomic E-state index is 5.95. The van der Waals surface area contributed by atoms with E-state index in [1.807, 2.05) is 0 Å². The summed E-state index contributed by atoms with van der Waals surface area (Å²) in [5, 5.41) is 0. The zero-order valence-corrected chi connectivity index (χ0v) is 16.0. The molecule has 1 nitrogen and oxygen atoms in total. The second-order valence-electron chi connectivity index (χ2n) is 7.30. The van der Waals surface area contributed by atoms with E-state index in [2.05, 4.69) is 51.1 Å². The molecule has 1 aromatic rings. The van der Waals surface area contributed by atoms with Crippen LogP contribution >= 0.6 is 0 Å². The Hall–Kier alpha value is -1.24. The minimum atomic E-state index is 0.757. The number of rotatable bonds is 9. The Morgan fingerprint density at radius 3 is 2.46 bits per heavy atom. The lowest BCUT2D eigenvalue weighted by Gasteiger charge is -2.28. The Balaban J connectivity index is 1.97. The zero-order valence-electron chi connectivity index (χ0n) is 16.0. The van der Waals surface area contributed by atoms with Crippen molar-refractivity contribution >= 4 is 0 Å². The van der Waals surface area contributed by atoms with Crippen molar-refractivity contribution in [2.75, 3.05) is 6.61 Å². The van der Waals surface area contributed by atoms with E-state index in [-0.39, 0.29) is 0 Å². The van der Waals surface area contributed by atoms with Gasteiger partial charge in [0.05, 0.1) is 6.61 Å². The average molecular weight is 329 g/mol. The molecular formula is C23H36O. The highest BCUT2D eigenvalue weighted by Gasteiger charge is 2.22. The normalized spacial score (nSPS) is 21.3. The topological polar surface area (TPSA) is 9.23 Å². The number of benzene rings is 1. The molecule has 0 N–H and O–H groups in total. The molecule has 0 spiro atoms. The zero-order chi connectivity index (χ0) is 17.2. The molecule has 0 aromatic heterocycles. The predicted molar refractivity (Wildman–Crippen MR) is 105 cm³/mol. The van der Waals surface area contributed by atoms with Gasteiger partial charge in [-0.15, -0.1) is 0 Å². The van der Waals surface area contributed by atoms with E-state index in [9.17, 15) is 0 Å². The molecule has 0 radical (unpaired) electrons. The van der Waals surface area contributed by atoms with E-state index in [0.29, 0.717) is 0 Å². The van der Waals surface area contributed by atoms with Crippen molar-refractivity contribution in [1.82, 2.24) is 0 Å². The molecule has 0 bridgehead atoms. The van der Waals surface area contributed by atoms with Gasteiger partial charge in [0.15, 0.2) is 0 Å². The molecule has 1 aliphatic rings. The number of ether oxygens (including phenoxy) is 1. The van der Waals surface area contributed by atoms with Gasteiger partial charge in [0.2, 0.25) is 0 Å². The van der Waals surface area contributed by atoms with Crippen LogP contribution in [0.15, 0.2) is 30.4 Å². The maximum Gasteiger partial charge on any atom is 0.122 e. The molecule has 2 rings (SSSR count). The van der Waals surface area contributed by atoms with E-state index in [1.54, 1.807) is 5.56 Å². The van der Waals surface area contributed by atoms with Gasteiger partial charge < -0.3 is 4.74 Å². The fourth-order valence-corrected chi connectivity index (χ4v) is 3.86. The average Bonchev–Trinajstić information content (AvgIpc) is 2.62. The Labute approximate surface area is 149 Å². The summed E-state index contributed by atoms with van der Waals surface area (Å²) in [6.07, 6.45) is 16.0. The lowest BCUT2D eigenvalue weighted by Crippen LogP contribution is -2.13. The molecule has 0 saturated heterocycles. The van der Waals surface area contributed by atoms with Gasteiger partial charge >= 0.3 is 0 Å². The predicted octanol–water partition coefficient (Wildman–Crippen LogP) is 7.06. The summed E-state index contributed by atoms with van der Waals surface area (Å²) in [7, 11) is 0. The highest BCUT2D eigenvalue weighted by atomic mass is 16.5. The van der Waals surface area contributed by atoms with Gasteiger partial charge in [0.1, 0.15) is 5.75 Å². The van der Waals surface area contributed by atoms with Crippen LogP contribution < -0.4 is 4.74 Å². The third-order valence-corrected chi connectivity index (χ3v) is 5.26. The first-order chi connectivity index (χ1) is 11.8. The SMILES string of the molecule is CCC=CCC1CCC(c2ccc(OCCC)c(CCC)c2)CC1. The molecule has 1 aromatic carbocycles. The summed E-state index contributed by atoms with van der Waals surface area (Å²) < 4.78 is 5.95.